The molecule has 0 amide bonds. The first-order valence-electron chi connectivity index (χ1n) is 21.7. The number of hydrogen-bond acceptors (Lipinski definition) is 5. The molecule has 64 heavy (non-hydrogen) atoms. The average Bonchev–Trinajstić information content (AvgIpc) is 3.82. The van der Waals surface area contributed by atoms with Gasteiger partial charge in [-0.2, -0.15) is 0 Å². The zero-order valence-corrected chi connectivity index (χ0v) is 35.3. The van der Waals surface area contributed by atoms with Gasteiger partial charge in [0.25, 0.3) is 0 Å². The molecular formula is C58H40N6. The number of para-hydroxylation sites is 1. The van der Waals surface area contributed by atoms with Gasteiger partial charge in [0.05, 0.1) is 28.1 Å². The minimum atomic E-state index is -0.183. The summed E-state index contributed by atoms with van der Waals surface area (Å²) in [6, 6.07) is 71.8. The summed E-state index contributed by atoms with van der Waals surface area (Å²) in [4.78, 5) is 26.3. The molecule has 0 bridgehead atoms. The number of hydrogen-bond donors (Lipinski definition) is 0. The lowest BCUT2D eigenvalue weighted by molar-refractivity contribution is 0.661. The highest BCUT2D eigenvalue weighted by molar-refractivity contribution is 6.16. The molecule has 0 spiro atoms. The monoisotopic (exact) mass is 820 g/mol. The van der Waals surface area contributed by atoms with E-state index >= 15 is 0 Å². The fraction of sp³-hybridized carbons (Fsp3) is 0.0517. The van der Waals surface area contributed by atoms with Crippen LogP contribution in [-0.2, 0) is 5.41 Å². The summed E-state index contributed by atoms with van der Waals surface area (Å²) in [7, 11) is 0. The smallest absolute Gasteiger partial charge is 0.164 e. The third kappa shape index (κ3) is 6.14. The van der Waals surface area contributed by atoms with Crippen molar-refractivity contribution in [2.24, 2.45) is 0 Å². The van der Waals surface area contributed by atoms with Gasteiger partial charge in [-0.25, -0.2) is 24.9 Å². The van der Waals surface area contributed by atoms with Gasteiger partial charge in [0, 0.05) is 55.1 Å². The zero-order valence-electron chi connectivity index (χ0n) is 35.3. The van der Waals surface area contributed by atoms with Crippen LogP contribution in [0.3, 0.4) is 0 Å². The molecule has 6 heteroatoms. The van der Waals surface area contributed by atoms with E-state index in [1.165, 1.54) is 33.0 Å². The predicted octanol–water partition coefficient (Wildman–Crippen LogP) is 14.1. The van der Waals surface area contributed by atoms with Gasteiger partial charge >= 0.3 is 0 Å². The molecule has 0 saturated heterocycles. The molecule has 302 valence electrons. The second-order valence-electron chi connectivity index (χ2n) is 16.9. The first-order chi connectivity index (χ1) is 31.5. The van der Waals surface area contributed by atoms with E-state index in [-0.39, 0.29) is 5.41 Å². The Balaban J connectivity index is 1.19. The van der Waals surface area contributed by atoms with E-state index in [1.54, 1.807) is 0 Å². The van der Waals surface area contributed by atoms with Gasteiger partial charge in [-0.3, -0.25) is 0 Å². The third-order valence-corrected chi connectivity index (χ3v) is 12.7. The van der Waals surface area contributed by atoms with Crippen LogP contribution >= 0.6 is 0 Å². The lowest BCUT2D eigenvalue weighted by atomic mass is 9.82. The Morgan fingerprint density at radius 1 is 0.359 bits per heavy atom. The van der Waals surface area contributed by atoms with Gasteiger partial charge < -0.3 is 4.57 Å². The molecule has 6 nitrogen and oxygen atoms in total. The summed E-state index contributed by atoms with van der Waals surface area (Å²) < 4.78 is 2.44. The maximum Gasteiger partial charge on any atom is 0.164 e. The average molecular weight is 821 g/mol. The Morgan fingerprint density at radius 3 is 1.48 bits per heavy atom. The highest BCUT2D eigenvalue weighted by atomic mass is 15.0. The molecule has 0 radical (unpaired) electrons. The topological polar surface area (TPSA) is 69.4 Å². The summed E-state index contributed by atoms with van der Waals surface area (Å²) in [6.07, 6.45) is 0. The number of nitrogens with zero attached hydrogens (tertiary/aromatic N) is 6. The van der Waals surface area contributed by atoms with E-state index in [0.717, 1.165) is 61.5 Å². The molecule has 3 aromatic heterocycles. The van der Waals surface area contributed by atoms with Gasteiger partial charge in [-0.05, 0) is 47.0 Å². The van der Waals surface area contributed by atoms with Crippen LogP contribution in [0.4, 0.5) is 0 Å². The van der Waals surface area contributed by atoms with Crippen LogP contribution in [0.15, 0.2) is 206 Å². The van der Waals surface area contributed by atoms with Crippen LogP contribution in [0.2, 0.25) is 0 Å². The SMILES string of the molecule is CC1(C)c2ccccc2-c2c1ccc1c3ccccc3n(-c3ccc(-c4nc(-c5ccccc5)nc(-c5ccccc5)n4)cc3-c3nc(-c4ccccc4)cc(-c4ccccc4)n3)c21. The van der Waals surface area contributed by atoms with Crippen LogP contribution in [0.1, 0.15) is 25.0 Å². The maximum absolute atomic E-state index is 5.45. The van der Waals surface area contributed by atoms with E-state index in [4.69, 9.17) is 24.9 Å². The van der Waals surface area contributed by atoms with Crippen LogP contribution in [0, 0.1) is 0 Å². The van der Waals surface area contributed by atoms with Crippen molar-refractivity contribution in [1.29, 1.82) is 0 Å². The van der Waals surface area contributed by atoms with Crippen LogP contribution in [-0.4, -0.2) is 29.5 Å². The largest absolute Gasteiger partial charge is 0.308 e. The fourth-order valence-electron chi connectivity index (χ4n) is 9.56. The molecule has 8 aromatic carbocycles. The molecule has 1 aliphatic carbocycles. The van der Waals surface area contributed by atoms with Crippen molar-refractivity contribution >= 4 is 21.8 Å². The lowest BCUT2D eigenvalue weighted by Gasteiger charge is -2.21. The Hall–Kier alpha value is -8.35. The van der Waals surface area contributed by atoms with Gasteiger partial charge in [0.15, 0.2) is 23.3 Å². The van der Waals surface area contributed by atoms with Crippen molar-refractivity contribution in [1.82, 2.24) is 29.5 Å². The third-order valence-electron chi connectivity index (χ3n) is 12.7. The molecule has 0 N–H and O–H groups in total. The maximum atomic E-state index is 5.45. The number of rotatable bonds is 7. The molecule has 0 unspecified atom stereocenters. The van der Waals surface area contributed by atoms with Crippen molar-refractivity contribution in [3.05, 3.63) is 217 Å². The molecular weight excluding hydrogens is 781 g/mol. The summed E-state index contributed by atoms with van der Waals surface area (Å²) in [5.74, 6) is 2.35. The van der Waals surface area contributed by atoms with Crippen molar-refractivity contribution < 1.29 is 0 Å². The number of aromatic nitrogens is 6. The molecule has 0 saturated carbocycles. The zero-order chi connectivity index (χ0) is 42.8. The predicted molar refractivity (Wildman–Crippen MR) is 260 cm³/mol. The normalized spacial score (nSPS) is 12.7. The fourth-order valence-corrected chi connectivity index (χ4v) is 9.56. The minimum Gasteiger partial charge on any atom is -0.308 e. The van der Waals surface area contributed by atoms with Crippen LogP contribution < -0.4 is 0 Å². The van der Waals surface area contributed by atoms with E-state index in [2.05, 4.69) is 152 Å². The molecule has 0 atom stereocenters. The van der Waals surface area contributed by atoms with Crippen LogP contribution in [0.25, 0.3) is 107 Å². The summed E-state index contributed by atoms with van der Waals surface area (Å²) in [5, 5.41) is 2.37. The lowest BCUT2D eigenvalue weighted by Crippen LogP contribution is -2.14. The van der Waals surface area contributed by atoms with Gasteiger partial charge in [0.1, 0.15) is 0 Å². The van der Waals surface area contributed by atoms with Gasteiger partial charge in [-0.15, -0.1) is 0 Å². The second kappa shape index (κ2) is 14.9. The standard InChI is InChI=1S/C58H40N6/c1-58(2)46-29-17-15-28-44(46)52-47(58)33-32-43-42-27-16-18-30-50(42)64(53(43)52)51-34-31-41(56-62-54(39-23-11-5-12-24-39)61-55(63-56)40-25-13-6-14-26-40)35-45(51)57-59-48(37-19-7-3-8-20-37)36-49(60-57)38-21-9-4-10-22-38/h3-36H,1-2H3. The van der Waals surface area contributed by atoms with E-state index in [1.807, 2.05) is 72.8 Å². The highest BCUT2D eigenvalue weighted by Gasteiger charge is 2.38. The minimum absolute atomic E-state index is 0.183. The number of fused-ring (bicyclic) bond motifs is 7. The van der Waals surface area contributed by atoms with Crippen molar-refractivity contribution in [3.8, 4) is 84.9 Å². The first kappa shape index (κ1) is 37.4. The molecule has 3 heterocycles. The summed E-state index contributed by atoms with van der Waals surface area (Å²) >= 11 is 0. The second-order valence-corrected chi connectivity index (χ2v) is 16.9. The van der Waals surface area contributed by atoms with E-state index < -0.39 is 0 Å². The first-order valence-corrected chi connectivity index (χ1v) is 21.7. The Kier molecular flexibility index (Phi) is 8.73. The van der Waals surface area contributed by atoms with Crippen molar-refractivity contribution in [3.63, 3.8) is 0 Å². The highest BCUT2D eigenvalue weighted by Crippen LogP contribution is 2.53. The molecule has 11 aromatic rings. The number of benzene rings is 8. The molecule has 0 fully saturated rings. The summed E-state index contributed by atoms with van der Waals surface area (Å²) in [6.45, 7) is 4.68. The quantitative estimate of drug-likeness (QED) is 0.160. The molecule has 12 rings (SSSR count). The molecule has 1 aliphatic rings. The Morgan fingerprint density at radius 2 is 0.875 bits per heavy atom. The van der Waals surface area contributed by atoms with Gasteiger partial charge in [0.2, 0.25) is 0 Å². The van der Waals surface area contributed by atoms with Crippen molar-refractivity contribution in [2.45, 2.75) is 19.3 Å². The summed E-state index contributed by atoms with van der Waals surface area (Å²) in [5.41, 5.74) is 15.3. The Labute approximate surface area is 371 Å². The van der Waals surface area contributed by atoms with Gasteiger partial charge in [-0.1, -0.05) is 190 Å². The van der Waals surface area contributed by atoms with Crippen LogP contribution in [0.5, 0.6) is 0 Å². The van der Waals surface area contributed by atoms with E-state index in [9.17, 15) is 0 Å². The molecule has 0 aliphatic heterocycles. The van der Waals surface area contributed by atoms with E-state index in [0.29, 0.717) is 23.3 Å². The Bertz CT molecular complexity index is 3450. The van der Waals surface area contributed by atoms with Crippen molar-refractivity contribution in [2.75, 3.05) is 0 Å².